The second kappa shape index (κ2) is 6.91. The molecule has 17 heavy (non-hydrogen) atoms. The number of benzene rings is 1. The molecule has 0 aliphatic carbocycles. The van der Waals surface area contributed by atoms with Gasteiger partial charge < -0.3 is 14.7 Å². The molecule has 0 heterocycles. The number of methoxy groups -OCH3 is 1. The van der Waals surface area contributed by atoms with Crippen molar-refractivity contribution in [1.82, 2.24) is 4.90 Å². The Balaban J connectivity index is 2.40. The van der Waals surface area contributed by atoms with Crippen molar-refractivity contribution in [2.45, 2.75) is 19.4 Å². The van der Waals surface area contributed by atoms with Gasteiger partial charge in [0, 0.05) is 33.7 Å². The Labute approximate surface area is 102 Å². The molecule has 0 unspecified atom stereocenters. The van der Waals surface area contributed by atoms with Crippen LogP contribution in [0, 0.1) is 0 Å². The van der Waals surface area contributed by atoms with E-state index in [1.807, 2.05) is 12.1 Å². The fourth-order valence-electron chi connectivity index (χ4n) is 1.52. The van der Waals surface area contributed by atoms with Crippen LogP contribution in [0.5, 0.6) is 5.75 Å². The van der Waals surface area contributed by atoms with E-state index in [2.05, 4.69) is 0 Å². The van der Waals surface area contributed by atoms with Gasteiger partial charge in [-0.25, -0.2) is 0 Å². The van der Waals surface area contributed by atoms with Crippen LogP contribution in [0.1, 0.15) is 18.4 Å². The SMILES string of the molecule is COCCCC(=O)N(C)Cc1ccc(O)cc1. The number of ether oxygens (including phenoxy) is 1. The van der Waals surface area contributed by atoms with Gasteiger partial charge in [0.05, 0.1) is 0 Å². The summed E-state index contributed by atoms with van der Waals surface area (Å²) in [5.74, 6) is 0.345. The zero-order valence-corrected chi connectivity index (χ0v) is 10.3. The highest BCUT2D eigenvalue weighted by Crippen LogP contribution is 2.11. The molecule has 0 aliphatic heterocycles. The third-order valence-corrected chi connectivity index (χ3v) is 2.52. The van der Waals surface area contributed by atoms with Gasteiger partial charge in [-0.1, -0.05) is 12.1 Å². The number of hydrogen-bond donors (Lipinski definition) is 1. The van der Waals surface area contributed by atoms with Crippen LogP contribution in [0.2, 0.25) is 0 Å². The predicted octanol–water partition coefficient (Wildman–Crippen LogP) is 1.78. The maximum atomic E-state index is 11.7. The van der Waals surface area contributed by atoms with Crippen LogP contribution < -0.4 is 0 Å². The van der Waals surface area contributed by atoms with Gasteiger partial charge in [-0.15, -0.1) is 0 Å². The van der Waals surface area contributed by atoms with Crippen molar-refractivity contribution >= 4 is 5.91 Å². The summed E-state index contributed by atoms with van der Waals surface area (Å²) in [6.07, 6.45) is 1.25. The maximum absolute atomic E-state index is 11.7. The van der Waals surface area contributed by atoms with Crippen molar-refractivity contribution in [2.24, 2.45) is 0 Å². The minimum Gasteiger partial charge on any atom is -0.508 e. The molecule has 4 heteroatoms. The average Bonchev–Trinajstić information content (AvgIpc) is 2.32. The minimum atomic E-state index is 0.107. The number of carbonyl (C=O) groups excluding carboxylic acids is 1. The maximum Gasteiger partial charge on any atom is 0.222 e. The molecule has 1 aromatic rings. The molecule has 0 saturated heterocycles. The summed E-state index contributed by atoms with van der Waals surface area (Å²) < 4.78 is 4.90. The second-order valence-electron chi connectivity index (χ2n) is 4.01. The minimum absolute atomic E-state index is 0.107. The molecule has 0 radical (unpaired) electrons. The number of aromatic hydroxyl groups is 1. The number of amides is 1. The van der Waals surface area contributed by atoms with E-state index in [0.717, 1.165) is 12.0 Å². The third kappa shape index (κ3) is 4.87. The van der Waals surface area contributed by atoms with Gasteiger partial charge in [0.25, 0.3) is 0 Å². The summed E-state index contributed by atoms with van der Waals surface area (Å²) in [4.78, 5) is 13.4. The average molecular weight is 237 g/mol. The standard InChI is InChI=1S/C13H19NO3/c1-14(13(16)4-3-9-17-2)10-11-5-7-12(15)8-6-11/h5-8,15H,3-4,9-10H2,1-2H3. The van der Waals surface area contributed by atoms with E-state index in [0.29, 0.717) is 19.6 Å². The lowest BCUT2D eigenvalue weighted by molar-refractivity contribution is -0.130. The molecule has 0 spiro atoms. The molecule has 0 saturated carbocycles. The van der Waals surface area contributed by atoms with E-state index in [4.69, 9.17) is 9.84 Å². The fourth-order valence-corrected chi connectivity index (χ4v) is 1.52. The zero-order chi connectivity index (χ0) is 12.7. The molecule has 1 rings (SSSR count). The Morgan fingerprint density at radius 1 is 1.35 bits per heavy atom. The first-order valence-electron chi connectivity index (χ1n) is 5.64. The Bertz CT molecular complexity index is 348. The lowest BCUT2D eigenvalue weighted by Gasteiger charge is -2.17. The third-order valence-electron chi connectivity index (χ3n) is 2.52. The lowest BCUT2D eigenvalue weighted by Crippen LogP contribution is -2.26. The monoisotopic (exact) mass is 237 g/mol. The Hall–Kier alpha value is -1.55. The molecule has 4 nitrogen and oxygen atoms in total. The van der Waals surface area contributed by atoms with Crippen LogP contribution in [-0.4, -0.2) is 36.7 Å². The molecule has 94 valence electrons. The smallest absolute Gasteiger partial charge is 0.222 e. The largest absolute Gasteiger partial charge is 0.508 e. The summed E-state index contributed by atoms with van der Waals surface area (Å²) in [5.41, 5.74) is 1.00. The van der Waals surface area contributed by atoms with E-state index >= 15 is 0 Å². The molecule has 0 aromatic heterocycles. The topological polar surface area (TPSA) is 49.8 Å². The zero-order valence-electron chi connectivity index (χ0n) is 10.3. The van der Waals surface area contributed by atoms with Gasteiger partial charge in [-0.3, -0.25) is 4.79 Å². The van der Waals surface area contributed by atoms with Gasteiger partial charge in [0.2, 0.25) is 5.91 Å². The summed E-state index contributed by atoms with van der Waals surface area (Å²) in [7, 11) is 3.41. The molecule has 0 bridgehead atoms. The summed E-state index contributed by atoms with van der Waals surface area (Å²) >= 11 is 0. The highest BCUT2D eigenvalue weighted by molar-refractivity contribution is 5.75. The Morgan fingerprint density at radius 3 is 2.59 bits per heavy atom. The van der Waals surface area contributed by atoms with Crippen molar-refractivity contribution in [1.29, 1.82) is 0 Å². The molecule has 0 fully saturated rings. The lowest BCUT2D eigenvalue weighted by atomic mass is 10.2. The van der Waals surface area contributed by atoms with Crippen molar-refractivity contribution in [3.63, 3.8) is 0 Å². The Morgan fingerprint density at radius 2 is 2.00 bits per heavy atom. The van der Waals surface area contributed by atoms with E-state index < -0.39 is 0 Å². The van der Waals surface area contributed by atoms with E-state index in [-0.39, 0.29) is 11.7 Å². The van der Waals surface area contributed by atoms with Gasteiger partial charge in [0.1, 0.15) is 5.75 Å². The first-order chi connectivity index (χ1) is 8.13. The van der Waals surface area contributed by atoms with E-state index in [1.54, 1.807) is 31.2 Å². The van der Waals surface area contributed by atoms with Gasteiger partial charge in [0.15, 0.2) is 0 Å². The molecule has 0 aliphatic rings. The number of hydrogen-bond acceptors (Lipinski definition) is 3. The molecule has 1 aromatic carbocycles. The van der Waals surface area contributed by atoms with Crippen LogP contribution >= 0.6 is 0 Å². The number of phenols is 1. The highest BCUT2D eigenvalue weighted by Gasteiger charge is 2.08. The van der Waals surface area contributed by atoms with Crippen molar-refractivity contribution in [3.8, 4) is 5.75 Å². The highest BCUT2D eigenvalue weighted by atomic mass is 16.5. The number of rotatable bonds is 6. The normalized spacial score (nSPS) is 10.2. The number of carbonyl (C=O) groups is 1. The molecule has 1 N–H and O–H groups in total. The Kier molecular flexibility index (Phi) is 5.49. The molecular formula is C13H19NO3. The quantitative estimate of drug-likeness (QED) is 0.767. The first kappa shape index (κ1) is 13.5. The fraction of sp³-hybridized carbons (Fsp3) is 0.462. The molecular weight excluding hydrogens is 218 g/mol. The van der Waals surface area contributed by atoms with Crippen molar-refractivity contribution < 1.29 is 14.6 Å². The van der Waals surface area contributed by atoms with Crippen LogP contribution in [0.4, 0.5) is 0 Å². The summed E-state index contributed by atoms with van der Waals surface area (Å²) in [6.45, 7) is 1.17. The van der Waals surface area contributed by atoms with Crippen LogP contribution in [0.3, 0.4) is 0 Å². The van der Waals surface area contributed by atoms with Crippen molar-refractivity contribution in [2.75, 3.05) is 20.8 Å². The predicted molar refractivity (Wildman–Crippen MR) is 65.7 cm³/mol. The van der Waals surface area contributed by atoms with E-state index in [9.17, 15) is 4.79 Å². The summed E-state index contributed by atoms with van der Waals surface area (Å²) in [5, 5.41) is 9.15. The first-order valence-corrected chi connectivity index (χ1v) is 5.64. The van der Waals surface area contributed by atoms with Gasteiger partial charge >= 0.3 is 0 Å². The van der Waals surface area contributed by atoms with Crippen LogP contribution in [0.15, 0.2) is 24.3 Å². The molecule has 0 atom stereocenters. The van der Waals surface area contributed by atoms with Crippen LogP contribution in [0.25, 0.3) is 0 Å². The summed E-state index contributed by atoms with van der Waals surface area (Å²) in [6, 6.07) is 6.87. The second-order valence-corrected chi connectivity index (χ2v) is 4.01. The van der Waals surface area contributed by atoms with E-state index in [1.165, 1.54) is 0 Å². The molecule has 1 amide bonds. The van der Waals surface area contributed by atoms with Gasteiger partial charge in [-0.2, -0.15) is 0 Å². The van der Waals surface area contributed by atoms with Crippen molar-refractivity contribution in [3.05, 3.63) is 29.8 Å². The van der Waals surface area contributed by atoms with Crippen LogP contribution in [-0.2, 0) is 16.1 Å². The number of phenolic OH excluding ortho intramolecular Hbond substituents is 1. The number of nitrogens with zero attached hydrogens (tertiary/aromatic N) is 1. The van der Waals surface area contributed by atoms with Gasteiger partial charge in [-0.05, 0) is 24.1 Å².